The zero-order valence-corrected chi connectivity index (χ0v) is 19.3. The predicted octanol–water partition coefficient (Wildman–Crippen LogP) is 4.71. The maximum atomic E-state index is 12.6. The number of allylic oxidation sites excluding steroid dienone is 4. The monoisotopic (exact) mass is 451 g/mol. The second kappa shape index (κ2) is 10.3. The van der Waals surface area contributed by atoms with Gasteiger partial charge in [0.15, 0.2) is 11.6 Å². The third-order valence-electron chi connectivity index (χ3n) is 5.07. The Balaban J connectivity index is 2.09. The number of ether oxygens (including phenoxy) is 1. The summed E-state index contributed by atoms with van der Waals surface area (Å²) >= 11 is 11.7. The first-order valence-electron chi connectivity index (χ1n) is 9.77. The van der Waals surface area contributed by atoms with Gasteiger partial charge in [-0.3, -0.25) is 14.4 Å². The third-order valence-corrected chi connectivity index (χ3v) is 5.41. The van der Waals surface area contributed by atoms with E-state index in [9.17, 15) is 14.4 Å². The van der Waals surface area contributed by atoms with Crippen LogP contribution in [0, 0.1) is 5.41 Å². The number of halogens is 2. The molecule has 0 bridgehead atoms. The van der Waals surface area contributed by atoms with E-state index in [0.717, 1.165) is 5.69 Å². The van der Waals surface area contributed by atoms with Crippen LogP contribution in [0.25, 0.3) is 0 Å². The number of hydrogen-bond donors (Lipinski definition) is 0. The number of rotatable bonds is 9. The number of carbonyl (C=O) groups is 3. The first-order chi connectivity index (χ1) is 14.1. The van der Waals surface area contributed by atoms with Gasteiger partial charge in [0.05, 0.1) is 6.42 Å². The van der Waals surface area contributed by atoms with Crippen molar-refractivity contribution in [3.63, 3.8) is 0 Å². The normalized spacial score (nSPS) is 14.7. The lowest BCUT2D eigenvalue weighted by Gasteiger charge is -2.29. The van der Waals surface area contributed by atoms with Crippen molar-refractivity contribution in [3.05, 3.63) is 47.1 Å². The maximum Gasteiger partial charge on any atom is 0.312 e. The first kappa shape index (κ1) is 24.2. The maximum absolute atomic E-state index is 12.6. The van der Waals surface area contributed by atoms with Crippen molar-refractivity contribution in [2.24, 2.45) is 5.41 Å². The summed E-state index contributed by atoms with van der Waals surface area (Å²) in [5, 5.41) is 0. The summed E-state index contributed by atoms with van der Waals surface area (Å²) in [4.78, 5) is 39.4. The fourth-order valence-corrected chi connectivity index (χ4v) is 4.09. The second-order valence-electron chi connectivity index (χ2n) is 7.91. The van der Waals surface area contributed by atoms with Crippen LogP contribution in [-0.2, 0) is 14.4 Å². The molecule has 0 unspecified atom stereocenters. The van der Waals surface area contributed by atoms with E-state index in [4.69, 9.17) is 27.9 Å². The van der Waals surface area contributed by atoms with Gasteiger partial charge in [-0.2, -0.15) is 0 Å². The van der Waals surface area contributed by atoms with E-state index >= 15 is 0 Å². The topological polar surface area (TPSA) is 63.7 Å². The van der Waals surface area contributed by atoms with Gasteiger partial charge in [0.25, 0.3) is 0 Å². The van der Waals surface area contributed by atoms with Gasteiger partial charge in [0.2, 0.25) is 0 Å². The van der Waals surface area contributed by atoms with Crippen LogP contribution in [0.15, 0.2) is 47.1 Å². The molecule has 1 aromatic carbocycles. The summed E-state index contributed by atoms with van der Waals surface area (Å²) in [6, 6.07) is 7.11. The van der Waals surface area contributed by atoms with E-state index < -0.39 is 11.4 Å². The lowest BCUT2D eigenvalue weighted by Crippen LogP contribution is -2.30. The number of esters is 1. The molecule has 162 valence electrons. The van der Waals surface area contributed by atoms with Crippen LogP contribution in [0.4, 0.5) is 5.69 Å². The molecule has 0 heterocycles. The van der Waals surface area contributed by atoms with E-state index in [-0.39, 0.29) is 18.0 Å². The molecule has 1 aliphatic rings. The standard InChI is InChI=1S/C23H27Cl2NO4/c1-15-13-19(27)21(16(2)22(15)29)23(3,4)14-20(28)30-18-7-5-17(6-8-18)26(11-9-24)12-10-25/h5-8,13H,9-12,14H2,1-4H3. The molecule has 0 aromatic heterocycles. The van der Waals surface area contributed by atoms with Gasteiger partial charge in [0.1, 0.15) is 5.75 Å². The molecule has 7 heteroatoms. The summed E-state index contributed by atoms with van der Waals surface area (Å²) in [7, 11) is 0. The van der Waals surface area contributed by atoms with Crippen LogP contribution < -0.4 is 9.64 Å². The minimum atomic E-state index is -0.831. The summed E-state index contributed by atoms with van der Waals surface area (Å²) in [6.07, 6.45) is 1.31. The highest BCUT2D eigenvalue weighted by Gasteiger charge is 2.36. The smallest absolute Gasteiger partial charge is 0.312 e. The number of alkyl halides is 2. The van der Waals surface area contributed by atoms with Gasteiger partial charge in [-0.05, 0) is 44.2 Å². The molecule has 1 aromatic rings. The quantitative estimate of drug-likeness (QED) is 0.235. The Morgan fingerprint density at radius 3 is 2.13 bits per heavy atom. The lowest BCUT2D eigenvalue weighted by molar-refractivity contribution is -0.136. The molecular formula is C23H27Cl2NO4. The van der Waals surface area contributed by atoms with Gasteiger partial charge >= 0.3 is 5.97 Å². The summed E-state index contributed by atoms with van der Waals surface area (Å²) in [6.45, 7) is 8.11. The van der Waals surface area contributed by atoms with Crippen molar-refractivity contribution in [1.82, 2.24) is 0 Å². The molecule has 30 heavy (non-hydrogen) atoms. The Morgan fingerprint density at radius 2 is 1.60 bits per heavy atom. The van der Waals surface area contributed by atoms with E-state index in [1.165, 1.54) is 6.08 Å². The number of benzene rings is 1. The minimum absolute atomic E-state index is 0.0298. The molecule has 0 amide bonds. The molecule has 2 rings (SSSR count). The fraction of sp³-hybridized carbons (Fsp3) is 0.435. The van der Waals surface area contributed by atoms with Crippen LogP contribution in [-0.4, -0.2) is 42.4 Å². The molecule has 0 N–H and O–H groups in total. The number of anilines is 1. The Bertz CT molecular complexity index is 879. The predicted molar refractivity (Wildman–Crippen MR) is 121 cm³/mol. The molecular weight excluding hydrogens is 425 g/mol. The average Bonchev–Trinajstić information content (AvgIpc) is 2.66. The van der Waals surface area contributed by atoms with Crippen molar-refractivity contribution in [2.75, 3.05) is 29.7 Å². The minimum Gasteiger partial charge on any atom is -0.427 e. The Kier molecular flexibility index (Phi) is 8.27. The van der Waals surface area contributed by atoms with Crippen molar-refractivity contribution in [2.45, 2.75) is 34.1 Å². The van der Waals surface area contributed by atoms with Gasteiger partial charge < -0.3 is 9.64 Å². The Hall–Kier alpha value is -2.11. The zero-order valence-electron chi connectivity index (χ0n) is 17.8. The number of Topliss-reactive ketones (excluding diaryl/α,β-unsaturated/α-hetero) is 1. The van der Waals surface area contributed by atoms with Crippen LogP contribution in [0.1, 0.15) is 34.1 Å². The van der Waals surface area contributed by atoms with Crippen molar-refractivity contribution in [3.8, 4) is 5.75 Å². The number of hydrogen-bond acceptors (Lipinski definition) is 5. The number of carbonyl (C=O) groups excluding carboxylic acids is 3. The largest absolute Gasteiger partial charge is 0.427 e. The van der Waals surface area contributed by atoms with Gasteiger partial charge in [-0.15, -0.1) is 23.2 Å². The summed E-state index contributed by atoms with van der Waals surface area (Å²) in [5.41, 5.74) is 1.27. The summed E-state index contributed by atoms with van der Waals surface area (Å²) < 4.78 is 5.47. The third kappa shape index (κ3) is 5.73. The highest BCUT2D eigenvalue weighted by Crippen LogP contribution is 2.37. The highest BCUT2D eigenvalue weighted by molar-refractivity contribution is 6.22. The second-order valence-corrected chi connectivity index (χ2v) is 8.67. The van der Waals surface area contributed by atoms with Crippen molar-refractivity contribution in [1.29, 1.82) is 0 Å². The van der Waals surface area contributed by atoms with Gasteiger partial charge in [-0.1, -0.05) is 13.8 Å². The molecule has 0 atom stereocenters. The SMILES string of the molecule is CC1=CC(=O)C(C(C)(C)CC(=O)Oc2ccc(N(CCCl)CCCl)cc2)=C(C)C1=O. The number of nitrogens with zero attached hydrogens (tertiary/aromatic N) is 1. The van der Waals surface area contributed by atoms with E-state index in [0.29, 0.717) is 47.3 Å². The Labute approximate surface area is 187 Å². The average molecular weight is 452 g/mol. The lowest BCUT2D eigenvalue weighted by atomic mass is 9.73. The summed E-state index contributed by atoms with van der Waals surface area (Å²) in [5.74, 6) is 0.495. The molecule has 1 aliphatic carbocycles. The van der Waals surface area contributed by atoms with E-state index in [1.54, 1.807) is 39.8 Å². The Morgan fingerprint density at radius 1 is 1.03 bits per heavy atom. The van der Waals surface area contributed by atoms with E-state index in [2.05, 4.69) is 0 Å². The van der Waals surface area contributed by atoms with Crippen LogP contribution >= 0.6 is 23.2 Å². The molecule has 0 radical (unpaired) electrons. The highest BCUT2D eigenvalue weighted by atomic mass is 35.5. The molecule has 0 fully saturated rings. The van der Waals surface area contributed by atoms with Gasteiger partial charge in [-0.25, -0.2) is 0 Å². The molecule has 5 nitrogen and oxygen atoms in total. The molecule has 0 saturated heterocycles. The molecule has 0 aliphatic heterocycles. The van der Waals surface area contributed by atoms with Gasteiger partial charge in [0, 0.05) is 52.7 Å². The number of ketones is 2. The van der Waals surface area contributed by atoms with Crippen molar-refractivity contribution >= 4 is 46.4 Å². The zero-order chi connectivity index (χ0) is 22.5. The van der Waals surface area contributed by atoms with Crippen LogP contribution in [0.5, 0.6) is 5.75 Å². The first-order valence-corrected chi connectivity index (χ1v) is 10.8. The molecule has 0 spiro atoms. The van der Waals surface area contributed by atoms with Crippen LogP contribution in [0.2, 0.25) is 0 Å². The van der Waals surface area contributed by atoms with Crippen molar-refractivity contribution < 1.29 is 19.1 Å². The molecule has 0 saturated carbocycles. The van der Waals surface area contributed by atoms with E-state index in [1.807, 2.05) is 17.0 Å². The fourth-order valence-electron chi connectivity index (χ4n) is 3.69. The van der Waals surface area contributed by atoms with Crippen LogP contribution in [0.3, 0.4) is 0 Å².